The summed E-state index contributed by atoms with van der Waals surface area (Å²) in [6, 6.07) is 39.8. The van der Waals surface area contributed by atoms with Crippen LogP contribution in [0.3, 0.4) is 0 Å². The van der Waals surface area contributed by atoms with E-state index in [2.05, 4.69) is 58.5 Å². The second-order valence-electron chi connectivity index (χ2n) is 12.5. The number of nitrogens with zero attached hydrogens (tertiary/aromatic N) is 2. The maximum atomic E-state index is 6.37. The molecule has 8 bridgehead atoms. The van der Waals surface area contributed by atoms with Crippen LogP contribution < -0.4 is 0 Å². The van der Waals surface area contributed by atoms with Crippen LogP contribution in [0.5, 0.6) is 0 Å². The molecule has 2 aliphatic rings. The third kappa shape index (κ3) is 6.76. The monoisotopic (exact) mass is 808 g/mol. The number of H-pyrrole nitrogens is 2. The van der Waals surface area contributed by atoms with Crippen LogP contribution in [-0.4, -0.2) is 19.9 Å². The van der Waals surface area contributed by atoms with Gasteiger partial charge >= 0.3 is 0 Å². The summed E-state index contributed by atoms with van der Waals surface area (Å²) in [6.45, 7) is 0. The summed E-state index contributed by atoms with van der Waals surface area (Å²) >= 11 is 25.5. The van der Waals surface area contributed by atoms with Crippen LogP contribution in [-0.2, 0) is 16.5 Å². The summed E-state index contributed by atoms with van der Waals surface area (Å²) in [5, 5.41) is 2.64. The predicted molar refractivity (Wildman–Crippen MR) is 221 cm³/mol. The first-order chi connectivity index (χ1) is 25.4. The number of hydrogen-bond donors (Lipinski definition) is 2. The number of halogens is 4. The van der Waals surface area contributed by atoms with E-state index < -0.39 is 0 Å². The number of fused-ring (bicyclic) bond motifs is 8. The van der Waals surface area contributed by atoms with E-state index in [0.29, 0.717) is 20.1 Å². The third-order valence-corrected chi connectivity index (χ3v) is 10.3. The van der Waals surface area contributed by atoms with Gasteiger partial charge in [0.2, 0.25) is 0 Å². The Labute approximate surface area is 335 Å². The van der Waals surface area contributed by atoms with Gasteiger partial charge in [-0.25, -0.2) is 9.97 Å². The van der Waals surface area contributed by atoms with Gasteiger partial charge in [0.15, 0.2) is 0 Å². The predicted octanol–water partition coefficient (Wildman–Crippen LogP) is 13.9. The second kappa shape index (κ2) is 14.5. The van der Waals surface area contributed by atoms with Crippen molar-refractivity contribution in [3.63, 3.8) is 0 Å². The van der Waals surface area contributed by atoms with E-state index in [1.54, 1.807) is 0 Å². The first-order valence-corrected chi connectivity index (χ1v) is 18.1. The molecule has 0 aliphatic carbocycles. The molecule has 0 atom stereocenters. The van der Waals surface area contributed by atoms with Crippen LogP contribution in [0.25, 0.3) is 90.9 Å². The molecule has 9 heteroatoms. The maximum absolute atomic E-state index is 6.37. The van der Waals surface area contributed by atoms with Crippen LogP contribution in [0, 0.1) is 0 Å². The quantitative estimate of drug-likeness (QED) is 0.174. The summed E-state index contributed by atoms with van der Waals surface area (Å²) in [4.78, 5) is 18.1. The van der Waals surface area contributed by atoms with Crippen molar-refractivity contribution in [2.45, 2.75) is 0 Å². The van der Waals surface area contributed by atoms with Gasteiger partial charge in [-0.2, -0.15) is 0 Å². The molecule has 2 aliphatic heterocycles. The average molecular weight is 811 g/mol. The van der Waals surface area contributed by atoms with E-state index in [-0.39, 0.29) is 16.5 Å². The molecule has 2 N–H and O–H groups in total. The van der Waals surface area contributed by atoms with E-state index in [9.17, 15) is 0 Å². The summed E-state index contributed by atoms with van der Waals surface area (Å²) < 4.78 is 0. The number of nitrogens with one attached hydrogen (secondary N) is 2. The van der Waals surface area contributed by atoms with Gasteiger partial charge in [0, 0.05) is 80.9 Å². The summed E-state index contributed by atoms with van der Waals surface area (Å²) in [6.07, 6.45) is 8.27. The van der Waals surface area contributed by atoms with Crippen molar-refractivity contribution in [2.75, 3.05) is 0 Å². The molecule has 0 unspecified atom stereocenters. The van der Waals surface area contributed by atoms with Crippen molar-refractivity contribution >= 4 is 92.8 Å². The molecule has 4 aromatic carbocycles. The van der Waals surface area contributed by atoms with Gasteiger partial charge in [-0.1, -0.05) is 94.9 Å². The Hall–Kier alpha value is -4.87. The normalized spacial score (nSPS) is 11.8. The van der Waals surface area contributed by atoms with E-state index in [4.69, 9.17) is 56.4 Å². The Balaban J connectivity index is 0.00000400. The van der Waals surface area contributed by atoms with Crippen molar-refractivity contribution in [1.29, 1.82) is 0 Å². The molecule has 0 saturated carbocycles. The summed E-state index contributed by atoms with van der Waals surface area (Å²) in [7, 11) is 0. The van der Waals surface area contributed by atoms with Crippen molar-refractivity contribution in [3.8, 4) is 44.5 Å². The number of rotatable bonds is 4. The van der Waals surface area contributed by atoms with E-state index in [1.165, 1.54) is 0 Å². The van der Waals surface area contributed by atoms with Crippen molar-refractivity contribution < 1.29 is 16.5 Å². The Kier molecular flexibility index (Phi) is 9.63. The molecule has 7 aromatic rings. The second-order valence-corrected chi connectivity index (χ2v) is 14.3. The Morgan fingerprint density at radius 2 is 0.509 bits per heavy atom. The Morgan fingerprint density at radius 3 is 0.717 bits per heavy atom. The minimum absolute atomic E-state index is 0. The minimum Gasteiger partial charge on any atom is -0.354 e. The zero-order valence-electron chi connectivity index (χ0n) is 27.6. The smallest absolute Gasteiger partial charge is 0.0737 e. The molecule has 0 saturated heterocycles. The largest absolute Gasteiger partial charge is 0.354 e. The van der Waals surface area contributed by atoms with Gasteiger partial charge in [0.25, 0.3) is 0 Å². The molecule has 0 amide bonds. The van der Waals surface area contributed by atoms with Crippen molar-refractivity contribution in [3.05, 3.63) is 164 Å². The van der Waals surface area contributed by atoms with Gasteiger partial charge in [-0.15, -0.1) is 0 Å². The SMILES string of the molecule is Clc1ccc(-c2c3nc(c(-c4ccc(Cl)cc4)c4ccc([nH]4)c(-c4ccc(Cl)cc4)c4nc(c(-c5ccc(Cl)cc5)c5ccc2[nH]5)C=C4)C=C3)cc1.[Ni]. The molecule has 5 heterocycles. The summed E-state index contributed by atoms with van der Waals surface area (Å²) in [5.74, 6) is 0. The number of benzene rings is 4. The van der Waals surface area contributed by atoms with Gasteiger partial charge < -0.3 is 9.97 Å². The molecular formula is C44H26Cl4N4Ni. The fourth-order valence-corrected chi connectivity index (χ4v) is 7.39. The third-order valence-electron chi connectivity index (χ3n) is 9.29. The molecule has 4 nitrogen and oxygen atoms in total. The Morgan fingerprint density at radius 1 is 0.302 bits per heavy atom. The van der Waals surface area contributed by atoms with Crippen LogP contribution in [0.4, 0.5) is 0 Å². The van der Waals surface area contributed by atoms with Gasteiger partial charge in [0.1, 0.15) is 0 Å². The molecule has 3 aromatic heterocycles. The van der Waals surface area contributed by atoms with Crippen molar-refractivity contribution in [2.24, 2.45) is 0 Å². The number of hydrogen-bond acceptors (Lipinski definition) is 2. The Bertz CT molecular complexity index is 2370. The van der Waals surface area contributed by atoms with E-state index in [0.717, 1.165) is 89.4 Å². The molecule has 9 rings (SSSR count). The standard InChI is InChI=1S/C44H26Cl4N4.Ni/c45-29-9-1-25(2-10-29)41-33-17-19-35(49-33)42(26-3-11-30(46)12-4-26)37-21-23-39(51-37)44(28-7-15-32(48)16-8-28)40-24-22-38(52-40)43(36-20-18-34(41)50-36)27-5-13-31(47)14-6-27;/h1-24,49,52H;. The van der Waals surface area contributed by atoms with Crippen LogP contribution >= 0.6 is 46.4 Å². The first kappa shape index (κ1) is 35.2. The van der Waals surface area contributed by atoms with Crippen LogP contribution in [0.15, 0.2) is 121 Å². The molecule has 0 fully saturated rings. The van der Waals surface area contributed by atoms with Gasteiger partial charge in [0.05, 0.1) is 22.8 Å². The minimum atomic E-state index is 0. The number of aromatic nitrogens is 4. The number of aromatic amines is 2. The molecule has 0 spiro atoms. The van der Waals surface area contributed by atoms with Crippen molar-refractivity contribution in [1.82, 2.24) is 19.9 Å². The summed E-state index contributed by atoms with van der Waals surface area (Å²) in [5.41, 5.74) is 14.5. The average Bonchev–Trinajstić information content (AvgIpc) is 3.99. The molecule has 53 heavy (non-hydrogen) atoms. The first-order valence-electron chi connectivity index (χ1n) is 16.6. The topological polar surface area (TPSA) is 57.4 Å². The van der Waals surface area contributed by atoms with Gasteiger partial charge in [-0.3, -0.25) is 0 Å². The van der Waals surface area contributed by atoms with Crippen LogP contribution in [0.1, 0.15) is 22.8 Å². The van der Waals surface area contributed by atoms with E-state index >= 15 is 0 Å². The maximum Gasteiger partial charge on any atom is 0.0737 e. The molecular weight excluding hydrogens is 785 g/mol. The van der Waals surface area contributed by atoms with E-state index in [1.807, 2.05) is 97.1 Å². The fraction of sp³-hybridized carbons (Fsp3) is 0. The molecule has 0 radical (unpaired) electrons. The van der Waals surface area contributed by atoms with Crippen LogP contribution in [0.2, 0.25) is 20.1 Å². The zero-order chi connectivity index (χ0) is 35.3. The molecule has 260 valence electrons. The van der Waals surface area contributed by atoms with Gasteiger partial charge in [-0.05, 0) is 119 Å². The zero-order valence-corrected chi connectivity index (χ0v) is 31.6. The fourth-order valence-electron chi connectivity index (χ4n) is 6.89.